The zero-order valence-electron chi connectivity index (χ0n) is 74.5. The Hall–Kier alpha value is -4.68. The minimum atomic E-state index is -3.48. The van der Waals surface area contributed by atoms with Gasteiger partial charge in [0.1, 0.15) is 0 Å². The van der Waals surface area contributed by atoms with E-state index in [-0.39, 0.29) is 6.42 Å². The Labute approximate surface area is 487 Å². The van der Waals surface area contributed by atoms with Gasteiger partial charge >= 0.3 is 0 Å². The summed E-state index contributed by atoms with van der Waals surface area (Å²) in [5.74, 6) is -3.39. The van der Waals surface area contributed by atoms with E-state index >= 15 is 0 Å². The van der Waals surface area contributed by atoms with E-state index in [1.54, 1.807) is 6.92 Å². The van der Waals surface area contributed by atoms with E-state index in [2.05, 4.69) is 233 Å². The molecule has 404 valence electrons. The quantitative estimate of drug-likeness (QED) is 0.165. The van der Waals surface area contributed by atoms with E-state index in [1.165, 1.54) is 90.7 Å². The molecule has 0 saturated carbocycles. The third-order valence-corrected chi connectivity index (χ3v) is 10.6. The smallest absolute Gasteiger partial charge is 0.0297 e. The van der Waals surface area contributed by atoms with Gasteiger partial charge in [-0.1, -0.05) is 288 Å². The van der Waals surface area contributed by atoms with Crippen molar-refractivity contribution < 1.29 is 35.6 Å². The van der Waals surface area contributed by atoms with Gasteiger partial charge in [0, 0.05) is 35.6 Å². The van der Waals surface area contributed by atoms with Crippen LogP contribution in [0, 0.1) is 120 Å². The molecule has 0 atom stereocenters. The lowest BCUT2D eigenvalue weighted by molar-refractivity contribution is 0.398. The Morgan fingerprint density at radius 2 is 0.778 bits per heavy atom. The van der Waals surface area contributed by atoms with Crippen molar-refractivity contribution >= 4 is 0 Å². The Morgan fingerprint density at radius 3 is 0.986 bits per heavy atom. The topological polar surface area (TPSA) is 0 Å². The number of rotatable bonds is 4. The molecule has 0 nitrogen and oxygen atoms in total. The van der Waals surface area contributed by atoms with Crippen molar-refractivity contribution in [1.82, 2.24) is 0 Å². The molecule has 0 heteroatoms. The van der Waals surface area contributed by atoms with Crippen LogP contribution in [-0.4, -0.2) is 0 Å². The predicted molar refractivity (Wildman–Crippen MR) is 335 cm³/mol. The van der Waals surface area contributed by atoms with Crippen molar-refractivity contribution in [3.05, 3.63) is 211 Å². The van der Waals surface area contributed by atoms with E-state index < -0.39 is 77.9 Å². The Bertz CT molecular complexity index is 2910. The second kappa shape index (κ2) is 45.0. The third kappa shape index (κ3) is 48.9. The van der Waals surface area contributed by atoms with Crippen LogP contribution in [0.25, 0.3) is 0 Å². The summed E-state index contributed by atoms with van der Waals surface area (Å²) in [6, 6.07) is 46.4. The van der Waals surface area contributed by atoms with Gasteiger partial charge in [-0.2, -0.15) is 0 Å². The van der Waals surface area contributed by atoms with Crippen LogP contribution >= 0.6 is 0 Å². The maximum atomic E-state index is 7.39. The van der Waals surface area contributed by atoms with Crippen molar-refractivity contribution in [3.63, 3.8) is 0 Å². The summed E-state index contributed by atoms with van der Waals surface area (Å²) in [6.07, 6.45) is -2.69. The highest BCUT2D eigenvalue weighted by atomic mass is 14.1. The van der Waals surface area contributed by atoms with Crippen LogP contribution in [0.4, 0.5) is 0 Å². The summed E-state index contributed by atoms with van der Waals surface area (Å²) in [4.78, 5) is 0. The Kier molecular flexibility index (Phi) is 23.2. The molecule has 0 N–H and O–H groups in total. The van der Waals surface area contributed by atoms with Crippen LogP contribution in [0.15, 0.2) is 133 Å². The molecule has 0 saturated heterocycles. The number of benzene rings is 6. The molecule has 6 aromatic carbocycles. The Balaban J connectivity index is -0.000000508. The summed E-state index contributed by atoms with van der Waals surface area (Å²) in [7, 11) is 0. The Morgan fingerprint density at radius 1 is 0.403 bits per heavy atom. The van der Waals surface area contributed by atoms with Crippen molar-refractivity contribution in [2.45, 2.75) is 218 Å². The lowest BCUT2D eigenvalue weighted by Crippen LogP contribution is -2.00. The summed E-state index contributed by atoms with van der Waals surface area (Å²) < 4.78 is 184. The van der Waals surface area contributed by atoms with E-state index in [0.717, 1.165) is 12.8 Å². The fraction of sp³-hybridized carbons (Fsp3) is 0.500. The lowest BCUT2D eigenvalue weighted by atomic mass is 9.94. The molecule has 0 aliphatic carbocycles. The standard InChI is InChI=1S/C10H14.C9H12.3C8H10.C7H8.2C6H14.2C5H12/c1-7-5-8(2)10(4)9(3)6-7;1-7-5-4-6-8(2)9(7)3;1-7-3-5-8(2)6-4-7;1-7-4-3-5-8(2)6-7;1-7-5-3-4-6-8(7)2;1-7-5-3-2-4-6-7;1-5-6(2,3)4;1-4-5-6(2)3;2*1-4-5(2)3/h5-6H,1-4H3;4-6H,1-3H3;3*3-6H,1-2H3;2-6H,1H3;5H2,1-4H3;6H,4-5H2,1-3H3;2*5H,4H2,1-3H3/i;;;;;;2D3,3D3,4D3,5D2;;2D3,3D3,4D2,5D;2D3,3D3. The fourth-order valence-electron chi connectivity index (χ4n) is 5.37. The monoisotopic (exact) mass is 1010 g/mol. The summed E-state index contributed by atoms with van der Waals surface area (Å²) in [6.45, 7) is 18.0. The molecule has 6 rings (SSSR count). The fourth-order valence-corrected chi connectivity index (χ4v) is 5.37. The van der Waals surface area contributed by atoms with Gasteiger partial charge in [0.05, 0.1) is 0 Å². The summed E-state index contributed by atoms with van der Waals surface area (Å²) in [5.41, 5.74) is 15.7. The van der Waals surface area contributed by atoms with Crippen LogP contribution in [0.5, 0.6) is 0 Å². The first kappa shape index (κ1) is 37.1. The normalized spacial score (nSPS) is 16.8. The molecule has 6 aromatic rings. The van der Waals surface area contributed by atoms with Gasteiger partial charge in [-0.15, -0.1) is 0 Å². The molecule has 0 heterocycles. The van der Waals surface area contributed by atoms with Crippen molar-refractivity contribution in [3.8, 4) is 0 Å². The van der Waals surface area contributed by atoms with Crippen molar-refractivity contribution in [2.24, 2.45) is 23.1 Å². The molecular weight excluding hydrogens is 865 g/mol. The SMILES string of the molecule is CCCC(C)C.Cc1cc(C)c(C)c(C)c1.Cc1ccc(C)cc1.Cc1cccc(C)c1.Cc1cccc(C)c1C.Cc1ccccc1.Cc1ccccc1C.[2H]C([2H])([2H])C(C([2H])([2H])[2H])(C([2H])([2H])[2H])C([2H])([2H])C.[2H]C([2H])([2H])C(CC)C([2H])([2H])[2H].[2H]C([2H])([2H])C([2H])(C([2H])([2H])[2H])C([2H])([2H])C. The highest BCUT2D eigenvalue weighted by Crippen LogP contribution is 2.16. The van der Waals surface area contributed by atoms with E-state index in [9.17, 15) is 0 Å². The van der Waals surface area contributed by atoms with Gasteiger partial charge in [0.15, 0.2) is 0 Å². The van der Waals surface area contributed by atoms with E-state index in [0.29, 0.717) is 6.92 Å². The van der Waals surface area contributed by atoms with Crippen molar-refractivity contribution in [1.29, 1.82) is 0 Å². The van der Waals surface area contributed by atoms with Crippen LogP contribution in [-0.2, 0) is 0 Å². The first-order valence-electron chi connectivity index (χ1n) is 38.0. The summed E-state index contributed by atoms with van der Waals surface area (Å²) in [5, 5.41) is 0. The molecule has 0 aromatic heterocycles. The second-order valence-corrected chi connectivity index (χ2v) is 18.4. The van der Waals surface area contributed by atoms with Crippen LogP contribution < -0.4 is 0 Å². The average Bonchev–Trinajstić information content (AvgIpc) is 0.707. The molecule has 0 bridgehead atoms. The minimum absolute atomic E-state index is 0.160. The first-order valence-corrected chi connectivity index (χ1v) is 25.0. The van der Waals surface area contributed by atoms with Gasteiger partial charge < -0.3 is 0 Å². The molecule has 0 radical (unpaired) electrons. The largest absolute Gasteiger partial charge is 0.0654 e. The molecule has 0 unspecified atom stereocenters. The molecular formula is C72H116. The number of aryl methyl sites for hydroxylation is 12. The highest BCUT2D eigenvalue weighted by Gasteiger charge is 2.03. The minimum Gasteiger partial charge on any atom is -0.0654 e. The maximum absolute atomic E-state index is 7.39. The van der Waals surface area contributed by atoms with E-state index in [1.807, 2.05) is 18.2 Å². The molecule has 0 spiro atoms. The zero-order chi connectivity index (χ0) is 78.4. The van der Waals surface area contributed by atoms with Gasteiger partial charge in [-0.25, -0.2) is 0 Å². The van der Waals surface area contributed by atoms with E-state index in [4.69, 9.17) is 35.6 Å². The maximum Gasteiger partial charge on any atom is 0.0297 e. The molecule has 0 amide bonds. The summed E-state index contributed by atoms with van der Waals surface area (Å²) >= 11 is 0. The van der Waals surface area contributed by atoms with Crippen molar-refractivity contribution in [2.75, 3.05) is 0 Å². The molecule has 0 aliphatic rings. The van der Waals surface area contributed by atoms with Gasteiger partial charge in [-0.3, -0.25) is 0 Å². The molecule has 0 aliphatic heterocycles. The number of hydrogen-bond donors (Lipinski definition) is 0. The number of hydrogen-bond acceptors (Lipinski definition) is 0. The first-order chi connectivity index (χ1) is 43.8. The van der Waals surface area contributed by atoms with Gasteiger partial charge in [0.25, 0.3) is 0 Å². The van der Waals surface area contributed by atoms with Crippen LogP contribution in [0.3, 0.4) is 0 Å². The zero-order valence-corrected chi connectivity index (χ0v) is 48.5. The van der Waals surface area contributed by atoms with Gasteiger partial charge in [0.2, 0.25) is 0 Å². The predicted octanol–water partition coefficient (Wildman–Crippen LogP) is 23.4. The highest BCUT2D eigenvalue weighted by molar-refractivity contribution is 5.36. The van der Waals surface area contributed by atoms with Gasteiger partial charge in [-0.05, 0) is 165 Å². The second-order valence-electron chi connectivity index (χ2n) is 18.4. The van der Waals surface area contributed by atoms with Crippen LogP contribution in [0.1, 0.15) is 235 Å². The molecule has 0 fully saturated rings. The molecule has 72 heavy (non-hydrogen) atoms. The lowest BCUT2D eigenvalue weighted by Gasteiger charge is -2.12. The van der Waals surface area contributed by atoms with Crippen LogP contribution in [0.2, 0.25) is 0 Å². The third-order valence-electron chi connectivity index (χ3n) is 10.6. The average molecular weight is 1010 g/mol.